The van der Waals surface area contributed by atoms with Crippen molar-refractivity contribution in [1.82, 2.24) is 5.32 Å². The summed E-state index contributed by atoms with van der Waals surface area (Å²) in [5.41, 5.74) is 3.82. The normalized spacial score (nSPS) is 11.4. The molecule has 0 spiro atoms. The zero-order valence-corrected chi connectivity index (χ0v) is 13.3. The fourth-order valence-electron chi connectivity index (χ4n) is 2.12. The molecule has 0 heterocycles. The molecule has 0 saturated carbocycles. The van der Waals surface area contributed by atoms with Gasteiger partial charge >= 0.3 is 0 Å². The lowest BCUT2D eigenvalue weighted by Gasteiger charge is -2.16. The molecule has 2 nitrogen and oxygen atoms in total. The Bertz CT molecular complexity index is 373. The van der Waals surface area contributed by atoms with E-state index < -0.39 is 0 Å². The Morgan fingerprint density at radius 2 is 1.58 bits per heavy atom. The Labute approximate surface area is 118 Å². The molecule has 0 unspecified atom stereocenters. The summed E-state index contributed by atoms with van der Waals surface area (Å²) in [5, 5.41) is 3.48. The molecular formula is C17H29NO. The fourth-order valence-corrected chi connectivity index (χ4v) is 2.12. The Morgan fingerprint density at radius 3 is 2.05 bits per heavy atom. The first kappa shape index (κ1) is 16.0. The van der Waals surface area contributed by atoms with Crippen LogP contribution in [0.2, 0.25) is 0 Å². The van der Waals surface area contributed by atoms with Crippen molar-refractivity contribution < 1.29 is 4.74 Å². The van der Waals surface area contributed by atoms with Gasteiger partial charge in [0.05, 0.1) is 6.61 Å². The first-order valence-electron chi connectivity index (χ1n) is 7.33. The van der Waals surface area contributed by atoms with Gasteiger partial charge in [0.15, 0.2) is 0 Å². The van der Waals surface area contributed by atoms with Gasteiger partial charge in [-0.25, -0.2) is 0 Å². The Morgan fingerprint density at radius 1 is 1.00 bits per heavy atom. The van der Waals surface area contributed by atoms with E-state index in [2.05, 4.69) is 59.0 Å². The maximum absolute atomic E-state index is 5.91. The van der Waals surface area contributed by atoms with Gasteiger partial charge < -0.3 is 10.1 Å². The molecule has 108 valence electrons. The molecule has 0 aliphatic heterocycles. The molecule has 2 heteroatoms. The molecule has 0 atom stereocenters. The Balaban J connectivity index is 2.67. The standard InChI is InChI=1S/C17H29NO/c1-12(2)9-18-10-16-7-14(5)17(15(6)8-16)19-11-13(3)4/h7-8,12-13,18H,9-11H2,1-6H3. The summed E-state index contributed by atoms with van der Waals surface area (Å²) in [6.07, 6.45) is 0. The lowest BCUT2D eigenvalue weighted by atomic mass is 10.1. The monoisotopic (exact) mass is 263 g/mol. The van der Waals surface area contributed by atoms with E-state index in [1.165, 1.54) is 16.7 Å². The van der Waals surface area contributed by atoms with Crippen molar-refractivity contribution in [1.29, 1.82) is 0 Å². The zero-order valence-electron chi connectivity index (χ0n) is 13.3. The molecule has 0 aromatic heterocycles. The van der Waals surface area contributed by atoms with Crippen LogP contribution in [0.25, 0.3) is 0 Å². The van der Waals surface area contributed by atoms with Crippen molar-refractivity contribution in [3.05, 3.63) is 28.8 Å². The minimum atomic E-state index is 0.561. The molecule has 1 rings (SSSR count). The molecule has 0 fully saturated rings. The van der Waals surface area contributed by atoms with E-state index in [-0.39, 0.29) is 0 Å². The molecule has 1 aromatic carbocycles. The highest BCUT2D eigenvalue weighted by Crippen LogP contribution is 2.25. The van der Waals surface area contributed by atoms with Crippen LogP contribution in [-0.4, -0.2) is 13.2 Å². The SMILES string of the molecule is Cc1cc(CNCC(C)C)cc(C)c1OCC(C)C. The number of rotatable bonds is 7. The Hall–Kier alpha value is -1.02. The van der Waals surface area contributed by atoms with Crippen LogP contribution in [0, 0.1) is 25.7 Å². The fraction of sp³-hybridized carbons (Fsp3) is 0.647. The summed E-state index contributed by atoms with van der Waals surface area (Å²) in [5.74, 6) is 2.31. The van der Waals surface area contributed by atoms with Gasteiger partial charge in [0.1, 0.15) is 5.75 Å². The van der Waals surface area contributed by atoms with Crippen molar-refractivity contribution >= 4 is 0 Å². The van der Waals surface area contributed by atoms with Crippen molar-refractivity contribution in [3.63, 3.8) is 0 Å². The third kappa shape index (κ3) is 5.65. The molecule has 0 radical (unpaired) electrons. The van der Waals surface area contributed by atoms with Crippen LogP contribution in [0.4, 0.5) is 0 Å². The first-order chi connectivity index (χ1) is 8.90. The molecule has 1 N–H and O–H groups in total. The van der Waals surface area contributed by atoms with E-state index in [1.807, 2.05) is 0 Å². The summed E-state index contributed by atoms with van der Waals surface area (Å²) in [7, 11) is 0. The number of hydrogen-bond acceptors (Lipinski definition) is 2. The largest absolute Gasteiger partial charge is 0.493 e. The summed E-state index contributed by atoms with van der Waals surface area (Å²) < 4.78 is 5.91. The first-order valence-corrected chi connectivity index (χ1v) is 7.33. The second-order valence-corrected chi connectivity index (χ2v) is 6.29. The van der Waals surface area contributed by atoms with E-state index in [0.717, 1.165) is 25.4 Å². The average molecular weight is 263 g/mol. The van der Waals surface area contributed by atoms with Crippen LogP contribution < -0.4 is 10.1 Å². The van der Waals surface area contributed by atoms with Gasteiger partial charge in [-0.15, -0.1) is 0 Å². The molecule has 0 bridgehead atoms. The zero-order chi connectivity index (χ0) is 14.4. The van der Waals surface area contributed by atoms with Crippen LogP contribution in [-0.2, 0) is 6.54 Å². The van der Waals surface area contributed by atoms with Crippen LogP contribution in [0.5, 0.6) is 5.75 Å². The summed E-state index contributed by atoms with van der Waals surface area (Å²) in [6.45, 7) is 15.9. The second kappa shape index (κ2) is 7.54. The van der Waals surface area contributed by atoms with Crippen molar-refractivity contribution in [2.45, 2.75) is 48.1 Å². The van der Waals surface area contributed by atoms with Crippen molar-refractivity contribution in [3.8, 4) is 5.75 Å². The number of benzene rings is 1. The quantitative estimate of drug-likeness (QED) is 0.800. The van der Waals surface area contributed by atoms with E-state index in [0.29, 0.717) is 11.8 Å². The molecule has 19 heavy (non-hydrogen) atoms. The highest BCUT2D eigenvalue weighted by molar-refractivity contribution is 5.43. The highest BCUT2D eigenvalue weighted by Gasteiger charge is 2.07. The van der Waals surface area contributed by atoms with Gasteiger partial charge in [-0.3, -0.25) is 0 Å². The highest BCUT2D eigenvalue weighted by atomic mass is 16.5. The molecule has 0 amide bonds. The number of ether oxygens (including phenoxy) is 1. The van der Waals surface area contributed by atoms with Crippen molar-refractivity contribution in [2.24, 2.45) is 11.8 Å². The molecular weight excluding hydrogens is 234 g/mol. The van der Waals surface area contributed by atoms with E-state index in [1.54, 1.807) is 0 Å². The van der Waals surface area contributed by atoms with Crippen molar-refractivity contribution in [2.75, 3.05) is 13.2 Å². The van der Waals surface area contributed by atoms with Gasteiger partial charge in [0.2, 0.25) is 0 Å². The van der Waals surface area contributed by atoms with Crippen LogP contribution in [0.15, 0.2) is 12.1 Å². The van der Waals surface area contributed by atoms with Crippen LogP contribution in [0.1, 0.15) is 44.4 Å². The van der Waals surface area contributed by atoms with E-state index in [9.17, 15) is 0 Å². The van der Waals surface area contributed by atoms with Gasteiger partial charge in [-0.05, 0) is 48.9 Å². The smallest absolute Gasteiger partial charge is 0.125 e. The number of hydrogen-bond donors (Lipinski definition) is 1. The minimum absolute atomic E-state index is 0.561. The van der Waals surface area contributed by atoms with Crippen LogP contribution in [0.3, 0.4) is 0 Å². The topological polar surface area (TPSA) is 21.3 Å². The minimum Gasteiger partial charge on any atom is -0.493 e. The van der Waals surface area contributed by atoms with E-state index >= 15 is 0 Å². The third-order valence-corrected chi connectivity index (χ3v) is 2.96. The second-order valence-electron chi connectivity index (χ2n) is 6.29. The predicted octanol–water partition coefficient (Wildman–Crippen LogP) is 4.08. The van der Waals surface area contributed by atoms with Crippen LogP contribution >= 0.6 is 0 Å². The summed E-state index contributed by atoms with van der Waals surface area (Å²) in [4.78, 5) is 0. The summed E-state index contributed by atoms with van der Waals surface area (Å²) >= 11 is 0. The molecule has 1 aromatic rings. The van der Waals surface area contributed by atoms with Gasteiger partial charge in [0, 0.05) is 6.54 Å². The van der Waals surface area contributed by atoms with E-state index in [4.69, 9.17) is 4.74 Å². The van der Waals surface area contributed by atoms with Gasteiger partial charge in [-0.2, -0.15) is 0 Å². The number of aryl methyl sites for hydroxylation is 2. The number of nitrogens with one attached hydrogen (secondary N) is 1. The third-order valence-electron chi connectivity index (χ3n) is 2.96. The maximum atomic E-state index is 5.91. The Kier molecular flexibility index (Phi) is 6.36. The predicted molar refractivity (Wildman–Crippen MR) is 82.8 cm³/mol. The molecule has 0 aliphatic rings. The lowest BCUT2D eigenvalue weighted by molar-refractivity contribution is 0.267. The lowest BCUT2D eigenvalue weighted by Crippen LogP contribution is -2.19. The molecule has 0 aliphatic carbocycles. The van der Waals surface area contributed by atoms with Gasteiger partial charge in [0.25, 0.3) is 0 Å². The average Bonchev–Trinajstić information content (AvgIpc) is 2.26. The summed E-state index contributed by atoms with van der Waals surface area (Å²) in [6, 6.07) is 4.46. The molecule has 0 saturated heterocycles. The van der Waals surface area contributed by atoms with Gasteiger partial charge in [-0.1, -0.05) is 39.8 Å². The maximum Gasteiger partial charge on any atom is 0.125 e.